The molecule has 1 fully saturated rings. The Morgan fingerprint density at radius 3 is 2.25 bits per heavy atom. The van der Waals surface area contributed by atoms with Crippen molar-refractivity contribution in [2.75, 3.05) is 44.7 Å². The summed E-state index contributed by atoms with van der Waals surface area (Å²) in [5.74, 6) is 0.750. The zero-order valence-corrected chi connectivity index (χ0v) is 18.2. The van der Waals surface area contributed by atoms with E-state index in [2.05, 4.69) is 9.80 Å². The third kappa shape index (κ3) is 5.77. The number of rotatable bonds is 8. The Kier molecular flexibility index (Phi) is 7.22. The molecule has 1 aliphatic rings. The number of halogens is 2. The molecule has 1 heterocycles. The highest BCUT2D eigenvalue weighted by molar-refractivity contribution is 5.46. The summed E-state index contributed by atoms with van der Waals surface area (Å²) in [5.41, 5.74) is 2.05. The summed E-state index contributed by atoms with van der Waals surface area (Å²) in [7, 11) is 1.64. The summed E-state index contributed by atoms with van der Waals surface area (Å²) in [6.07, 6.45) is 0.544. The van der Waals surface area contributed by atoms with Crippen molar-refractivity contribution in [1.82, 2.24) is 4.90 Å². The molecular formula is C26H28F2N2O2. The van der Waals surface area contributed by atoms with Crippen LogP contribution < -0.4 is 14.4 Å². The lowest BCUT2D eigenvalue weighted by Crippen LogP contribution is -2.46. The molecule has 0 saturated carbocycles. The van der Waals surface area contributed by atoms with E-state index in [1.54, 1.807) is 19.2 Å². The second-order valence-electron chi connectivity index (χ2n) is 7.93. The van der Waals surface area contributed by atoms with Crippen LogP contribution in [0.15, 0.2) is 72.8 Å². The molecule has 0 aromatic heterocycles. The van der Waals surface area contributed by atoms with Gasteiger partial charge in [-0.3, -0.25) is 4.90 Å². The van der Waals surface area contributed by atoms with Crippen molar-refractivity contribution in [1.29, 1.82) is 0 Å². The summed E-state index contributed by atoms with van der Waals surface area (Å²) in [4.78, 5) is 4.68. The molecule has 0 radical (unpaired) electrons. The van der Waals surface area contributed by atoms with Gasteiger partial charge in [-0.1, -0.05) is 18.2 Å². The average Bonchev–Trinajstić information content (AvgIpc) is 2.83. The molecule has 1 aliphatic heterocycles. The van der Waals surface area contributed by atoms with Gasteiger partial charge in [-0.15, -0.1) is 0 Å². The van der Waals surface area contributed by atoms with Crippen LogP contribution in [0.1, 0.15) is 18.1 Å². The van der Waals surface area contributed by atoms with Gasteiger partial charge in [0.15, 0.2) is 0 Å². The minimum Gasteiger partial charge on any atom is -0.497 e. The van der Waals surface area contributed by atoms with Gasteiger partial charge >= 0.3 is 0 Å². The molecule has 6 heteroatoms. The van der Waals surface area contributed by atoms with E-state index in [1.807, 2.05) is 36.4 Å². The van der Waals surface area contributed by atoms with Gasteiger partial charge in [-0.2, -0.15) is 0 Å². The molecule has 32 heavy (non-hydrogen) atoms. The van der Waals surface area contributed by atoms with Crippen molar-refractivity contribution in [3.05, 3.63) is 90.0 Å². The van der Waals surface area contributed by atoms with Gasteiger partial charge in [0.1, 0.15) is 29.2 Å². The zero-order valence-electron chi connectivity index (χ0n) is 18.2. The molecular weight excluding hydrogens is 410 g/mol. The van der Waals surface area contributed by atoms with Crippen LogP contribution in [0, 0.1) is 11.6 Å². The summed E-state index contributed by atoms with van der Waals surface area (Å²) >= 11 is 0. The minimum absolute atomic E-state index is 0.214. The van der Waals surface area contributed by atoms with Gasteiger partial charge in [0, 0.05) is 50.9 Å². The molecule has 1 unspecified atom stereocenters. The lowest BCUT2D eigenvalue weighted by molar-refractivity contribution is 0.159. The van der Waals surface area contributed by atoms with Crippen molar-refractivity contribution in [2.24, 2.45) is 0 Å². The SMILES string of the molecule is COc1cccc(C(CCN2CCN(c3ccc(F)cc3)CC2)Oc2cccc(F)c2)c1. The number of hydrogen-bond acceptors (Lipinski definition) is 4. The largest absolute Gasteiger partial charge is 0.497 e. The first-order valence-corrected chi connectivity index (χ1v) is 10.9. The number of methoxy groups -OCH3 is 1. The third-order valence-corrected chi connectivity index (χ3v) is 5.81. The van der Waals surface area contributed by atoms with E-state index in [-0.39, 0.29) is 17.7 Å². The highest BCUT2D eigenvalue weighted by Gasteiger charge is 2.21. The summed E-state index contributed by atoms with van der Waals surface area (Å²) in [6, 6.07) is 20.7. The van der Waals surface area contributed by atoms with Gasteiger partial charge in [0.25, 0.3) is 0 Å². The van der Waals surface area contributed by atoms with Crippen molar-refractivity contribution in [3.63, 3.8) is 0 Å². The number of piperazine rings is 1. The van der Waals surface area contributed by atoms with Crippen LogP contribution >= 0.6 is 0 Å². The first-order valence-electron chi connectivity index (χ1n) is 10.9. The van der Waals surface area contributed by atoms with Crippen molar-refractivity contribution >= 4 is 5.69 Å². The fourth-order valence-electron chi connectivity index (χ4n) is 4.02. The number of nitrogens with zero attached hydrogens (tertiary/aromatic N) is 2. The number of anilines is 1. The molecule has 3 aromatic rings. The van der Waals surface area contributed by atoms with E-state index in [9.17, 15) is 8.78 Å². The summed E-state index contributed by atoms with van der Waals surface area (Å²) in [6.45, 7) is 4.47. The Morgan fingerprint density at radius 2 is 1.53 bits per heavy atom. The Morgan fingerprint density at radius 1 is 0.812 bits per heavy atom. The van der Waals surface area contributed by atoms with Crippen molar-refractivity contribution in [2.45, 2.75) is 12.5 Å². The third-order valence-electron chi connectivity index (χ3n) is 5.81. The van der Waals surface area contributed by atoms with Crippen molar-refractivity contribution in [3.8, 4) is 11.5 Å². The second kappa shape index (κ2) is 10.5. The first-order chi connectivity index (χ1) is 15.6. The van der Waals surface area contributed by atoms with Crippen LogP contribution in [0.3, 0.4) is 0 Å². The quantitative estimate of drug-likeness (QED) is 0.476. The van der Waals surface area contributed by atoms with Crippen LogP contribution in [0.4, 0.5) is 14.5 Å². The highest BCUT2D eigenvalue weighted by atomic mass is 19.1. The van der Waals surface area contributed by atoms with E-state index in [4.69, 9.17) is 9.47 Å². The first kappa shape index (κ1) is 22.1. The summed E-state index contributed by atoms with van der Waals surface area (Å²) in [5, 5.41) is 0. The number of hydrogen-bond donors (Lipinski definition) is 0. The normalized spacial score (nSPS) is 15.4. The van der Waals surface area contributed by atoms with Gasteiger partial charge in [0.05, 0.1) is 7.11 Å². The maximum Gasteiger partial charge on any atom is 0.126 e. The van der Waals surface area contributed by atoms with E-state index in [1.165, 1.54) is 24.3 Å². The molecule has 0 spiro atoms. The Balaban J connectivity index is 1.39. The minimum atomic E-state index is -0.316. The van der Waals surface area contributed by atoms with Gasteiger partial charge < -0.3 is 14.4 Å². The van der Waals surface area contributed by atoms with E-state index in [0.29, 0.717) is 5.75 Å². The monoisotopic (exact) mass is 438 g/mol. The van der Waals surface area contributed by atoms with Crippen LogP contribution in [-0.4, -0.2) is 44.7 Å². The van der Waals surface area contributed by atoms with E-state index < -0.39 is 0 Å². The Bertz CT molecular complexity index is 1000. The van der Waals surface area contributed by atoms with E-state index in [0.717, 1.165) is 56.1 Å². The maximum atomic E-state index is 13.7. The average molecular weight is 439 g/mol. The predicted octanol–water partition coefficient (Wildman–Crippen LogP) is 5.31. The van der Waals surface area contributed by atoms with Crippen LogP contribution in [0.25, 0.3) is 0 Å². The number of ether oxygens (including phenoxy) is 2. The second-order valence-corrected chi connectivity index (χ2v) is 7.93. The molecule has 1 atom stereocenters. The number of benzene rings is 3. The standard InChI is InChI=1S/C26H28F2N2O2/c1-31-24-6-2-4-20(18-24)26(32-25-7-3-5-22(28)19-25)12-13-29-14-16-30(17-15-29)23-10-8-21(27)9-11-23/h2-11,18-19,26H,12-17H2,1H3. The Hall–Kier alpha value is -3.12. The molecule has 0 bridgehead atoms. The summed E-state index contributed by atoms with van der Waals surface area (Å²) < 4.78 is 38.5. The van der Waals surface area contributed by atoms with Crippen LogP contribution in [0.2, 0.25) is 0 Å². The lowest BCUT2D eigenvalue weighted by Gasteiger charge is -2.36. The Labute approximate surface area is 188 Å². The van der Waals surface area contributed by atoms with Gasteiger partial charge in [-0.05, 0) is 54.1 Å². The highest BCUT2D eigenvalue weighted by Crippen LogP contribution is 2.28. The topological polar surface area (TPSA) is 24.9 Å². The van der Waals surface area contributed by atoms with Crippen molar-refractivity contribution < 1.29 is 18.3 Å². The molecule has 4 nitrogen and oxygen atoms in total. The molecule has 3 aromatic carbocycles. The molecule has 0 amide bonds. The maximum absolute atomic E-state index is 13.7. The lowest BCUT2D eigenvalue weighted by atomic mass is 10.1. The molecule has 168 valence electrons. The fourth-order valence-corrected chi connectivity index (χ4v) is 4.02. The molecule has 1 saturated heterocycles. The predicted molar refractivity (Wildman–Crippen MR) is 122 cm³/mol. The molecule has 0 aliphatic carbocycles. The van der Waals surface area contributed by atoms with Gasteiger partial charge in [0.2, 0.25) is 0 Å². The zero-order chi connectivity index (χ0) is 22.3. The fraction of sp³-hybridized carbons (Fsp3) is 0.308. The van der Waals surface area contributed by atoms with Gasteiger partial charge in [-0.25, -0.2) is 8.78 Å². The molecule has 0 N–H and O–H groups in total. The molecule has 4 rings (SSSR count). The van der Waals surface area contributed by atoms with E-state index >= 15 is 0 Å². The van der Waals surface area contributed by atoms with Crippen LogP contribution in [-0.2, 0) is 0 Å². The van der Waals surface area contributed by atoms with Crippen LogP contribution in [0.5, 0.6) is 11.5 Å². The smallest absolute Gasteiger partial charge is 0.126 e.